The van der Waals surface area contributed by atoms with Gasteiger partial charge in [-0.1, -0.05) is 11.8 Å². The number of amides is 1. The lowest BCUT2D eigenvalue weighted by Gasteiger charge is -2.14. The molecular weight excluding hydrogens is 292 g/mol. The van der Waals surface area contributed by atoms with Crippen LogP contribution in [0.3, 0.4) is 0 Å². The van der Waals surface area contributed by atoms with Crippen molar-refractivity contribution in [1.82, 2.24) is 19.4 Å². The van der Waals surface area contributed by atoms with Crippen LogP contribution in [0.25, 0.3) is 11.2 Å². The SMILES string of the molecule is CN1CCC(n2c(SCC(=O)O)nc3cccnc32)C1=O. The van der Waals surface area contributed by atoms with Crippen molar-refractivity contribution in [2.75, 3.05) is 19.3 Å². The van der Waals surface area contributed by atoms with E-state index in [1.807, 2.05) is 6.07 Å². The van der Waals surface area contributed by atoms with Crippen LogP contribution in [0.2, 0.25) is 0 Å². The Hall–Kier alpha value is -2.09. The van der Waals surface area contributed by atoms with E-state index in [1.165, 1.54) is 0 Å². The lowest BCUT2D eigenvalue weighted by atomic mass is 10.2. The third-order valence-corrected chi connectivity index (χ3v) is 4.39. The number of thioether (sulfide) groups is 1. The maximum absolute atomic E-state index is 12.3. The summed E-state index contributed by atoms with van der Waals surface area (Å²) in [6, 6.07) is 3.23. The molecule has 3 rings (SSSR count). The highest BCUT2D eigenvalue weighted by atomic mass is 32.2. The van der Waals surface area contributed by atoms with Crippen LogP contribution in [0, 0.1) is 0 Å². The van der Waals surface area contributed by atoms with Crippen molar-refractivity contribution in [3.05, 3.63) is 18.3 Å². The number of likely N-dealkylation sites (tertiary alicyclic amines) is 1. The van der Waals surface area contributed by atoms with Gasteiger partial charge in [-0.05, 0) is 18.6 Å². The highest BCUT2D eigenvalue weighted by Gasteiger charge is 2.33. The number of rotatable bonds is 4. The van der Waals surface area contributed by atoms with E-state index < -0.39 is 5.97 Å². The van der Waals surface area contributed by atoms with Crippen molar-refractivity contribution < 1.29 is 14.7 Å². The molecule has 1 fully saturated rings. The second-order valence-corrected chi connectivity index (χ2v) is 5.80. The number of nitrogens with zero attached hydrogens (tertiary/aromatic N) is 4. The third kappa shape index (κ3) is 2.46. The fraction of sp³-hybridized carbons (Fsp3) is 0.385. The lowest BCUT2D eigenvalue weighted by molar-refractivity contribution is -0.134. The van der Waals surface area contributed by atoms with Crippen molar-refractivity contribution in [1.29, 1.82) is 0 Å². The molecule has 7 nitrogen and oxygen atoms in total. The second kappa shape index (κ2) is 5.36. The van der Waals surface area contributed by atoms with E-state index in [0.29, 0.717) is 29.3 Å². The Morgan fingerprint density at radius 3 is 3.05 bits per heavy atom. The Morgan fingerprint density at radius 1 is 1.57 bits per heavy atom. The highest BCUT2D eigenvalue weighted by Crippen LogP contribution is 2.31. The number of aromatic nitrogens is 3. The quantitative estimate of drug-likeness (QED) is 0.848. The second-order valence-electron chi connectivity index (χ2n) is 4.86. The van der Waals surface area contributed by atoms with E-state index in [1.54, 1.807) is 28.8 Å². The minimum absolute atomic E-state index is 0.0112. The van der Waals surface area contributed by atoms with Gasteiger partial charge in [0, 0.05) is 19.8 Å². The van der Waals surface area contributed by atoms with Crippen LogP contribution in [0.4, 0.5) is 0 Å². The Balaban J connectivity index is 2.07. The molecule has 1 aliphatic heterocycles. The number of hydrogen-bond acceptors (Lipinski definition) is 5. The zero-order valence-corrected chi connectivity index (χ0v) is 12.2. The predicted octanol–water partition coefficient (Wildman–Crippen LogP) is 1.01. The molecule has 21 heavy (non-hydrogen) atoms. The van der Waals surface area contributed by atoms with Crippen molar-refractivity contribution in [3.63, 3.8) is 0 Å². The van der Waals surface area contributed by atoms with E-state index in [2.05, 4.69) is 9.97 Å². The number of pyridine rings is 1. The Morgan fingerprint density at radius 2 is 2.38 bits per heavy atom. The molecule has 2 aromatic rings. The van der Waals surface area contributed by atoms with E-state index >= 15 is 0 Å². The highest BCUT2D eigenvalue weighted by molar-refractivity contribution is 7.99. The molecule has 2 aromatic heterocycles. The van der Waals surface area contributed by atoms with Gasteiger partial charge in [0.1, 0.15) is 11.6 Å². The van der Waals surface area contributed by atoms with E-state index in [0.717, 1.165) is 11.8 Å². The van der Waals surface area contributed by atoms with Crippen LogP contribution in [0.15, 0.2) is 23.5 Å². The predicted molar refractivity (Wildman–Crippen MR) is 77.2 cm³/mol. The molecular formula is C13H14N4O3S. The van der Waals surface area contributed by atoms with Crippen LogP contribution in [0.1, 0.15) is 12.5 Å². The van der Waals surface area contributed by atoms with Crippen molar-refractivity contribution >= 4 is 34.8 Å². The summed E-state index contributed by atoms with van der Waals surface area (Å²) < 4.78 is 1.77. The Labute approximate surface area is 125 Å². The normalized spacial score (nSPS) is 18.6. The molecule has 0 radical (unpaired) electrons. The smallest absolute Gasteiger partial charge is 0.313 e. The summed E-state index contributed by atoms with van der Waals surface area (Å²) in [5, 5.41) is 9.38. The third-order valence-electron chi connectivity index (χ3n) is 3.45. The first kappa shape index (κ1) is 13.9. The summed E-state index contributed by atoms with van der Waals surface area (Å²) >= 11 is 1.11. The standard InChI is InChI=1S/C13H14N4O3S/c1-16-6-4-9(12(16)20)17-11-8(3-2-5-14-11)15-13(17)21-7-10(18)19/h2-3,5,9H,4,6-7H2,1H3,(H,18,19). The molecule has 1 atom stereocenters. The monoisotopic (exact) mass is 306 g/mol. The van der Waals surface area contributed by atoms with Gasteiger partial charge in [-0.2, -0.15) is 0 Å². The average molecular weight is 306 g/mol. The number of hydrogen-bond donors (Lipinski definition) is 1. The van der Waals surface area contributed by atoms with Crippen LogP contribution in [-0.4, -0.2) is 55.8 Å². The Bertz CT molecular complexity index is 715. The van der Waals surface area contributed by atoms with Crippen molar-refractivity contribution in [2.24, 2.45) is 0 Å². The summed E-state index contributed by atoms with van der Waals surface area (Å²) in [5.74, 6) is -1.00. The number of fused-ring (bicyclic) bond motifs is 1. The summed E-state index contributed by atoms with van der Waals surface area (Å²) in [5.41, 5.74) is 1.30. The number of aliphatic carboxylic acids is 1. The summed E-state index contributed by atoms with van der Waals surface area (Å²) in [7, 11) is 1.76. The molecule has 0 aromatic carbocycles. The zero-order chi connectivity index (χ0) is 15.0. The summed E-state index contributed by atoms with van der Waals surface area (Å²) in [4.78, 5) is 33.4. The van der Waals surface area contributed by atoms with E-state index in [4.69, 9.17) is 5.11 Å². The lowest BCUT2D eigenvalue weighted by Crippen LogP contribution is -2.25. The first-order chi connectivity index (χ1) is 10.1. The van der Waals surface area contributed by atoms with Crippen molar-refractivity contribution in [2.45, 2.75) is 17.6 Å². The van der Waals surface area contributed by atoms with Gasteiger partial charge in [0.05, 0.1) is 5.75 Å². The van der Waals surface area contributed by atoms with Gasteiger partial charge in [0.15, 0.2) is 10.8 Å². The van der Waals surface area contributed by atoms with E-state index in [-0.39, 0.29) is 17.7 Å². The number of carbonyl (C=O) groups excluding carboxylic acids is 1. The molecule has 1 N–H and O–H groups in total. The first-order valence-electron chi connectivity index (χ1n) is 6.50. The minimum atomic E-state index is -0.915. The van der Waals surface area contributed by atoms with E-state index in [9.17, 15) is 9.59 Å². The molecule has 0 saturated carbocycles. The van der Waals surface area contributed by atoms with Gasteiger partial charge in [-0.15, -0.1) is 0 Å². The zero-order valence-electron chi connectivity index (χ0n) is 11.4. The van der Waals surface area contributed by atoms with Crippen LogP contribution in [-0.2, 0) is 9.59 Å². The van der Waals surface area contributed by atoms with Crippen LogP contribution in [0.5, 0.6) is 0 Å². The maximum Gasteiger partial charge on any atom is 0.313 e. The number of imidazole rings is 1. The van der Waals surface area contributed by atoms with Gasteiger partial charge >= 0.3 is 5.97 Å². The van der Waals surface area contributed by atoms with Crippen LogP contribution < -0.4 is 0 Å². The fourth-order valence-electron chi connectivity index (χ4n) is 2.46. The summed E-state index contributed by atoms with van der Waals surface area (Å²) in [6.45, 7) is 0.680. The number of carboxylic acids is 1. The number of carbonyl (C=O) groups is 2. The molecule has 3 heterocycles. The van der Waals surface area contributed by atoms with Gasteiger partial charge in [0.25, 0.3) is 0 Å². The summed E-state index contributed by atoms with van der Waals surface area (Å²) in [6.07, 6.45) is 2.33. The van der Waals surface area contributed by atoms with Crippen LogP contribution >= 0.6 is 11.8 Å². The number of likely N-dealkylation sites (N-methyl/N-ethyl adjacent to an activating group) is 1. The van der Waals surface area contributed by atoms with Gasteiger partial charge in [0.2, 0.25) is 5.91 Å². The molecule has 1 amide bonds. The number of carboxylic acid groups (broad SMARTS) is 1. The van der Waals surface area contributed by atoms with Gasteiger partial charge < -0.3 is 10.0 Å². The van der Waals surface area contributed by atoms with Crippen molar-refractivity contribution in [3.8, 4) is 0 Å². The topological polar surface area (TPSA) is 88.3 Å². The molecule has 1 saturated heterocycles. The molecule has 0 spiro atoms. The molecule has 1 unspecified atom stereocenters. The average Bonchev–Trinajstić information content (AvgIpc) is 2.98. The fourth-order valence-corrected chi connectivity index (χ4v) is 3.23. The van der Waals surface area contributed by atoms with Gasteiger partial charge in [-0.25, -0.2) is 9.97 Å². The molecule has 1 aliphatic rings. The minimum Gasteiger partial charge on any atom is -0.481 e. The van der Waals surface area contributed by atoms with Gasteiger partial charge in [-0.3, -0.25) is 14.2 Å². The molecule has 0 aliphatic carbocycles. The molecule has 0 bridgehead atoms. The largest absolute Gasteiger partial charge is 0.481 e. The maximum atomic E-state index is 12.3. The Kier molecular flexibility index (Phi) is 3.54. The molecule has 8 heteroatoms. The molecule has 110 valence electrons. The first-order valence-corrected chi connectivity index (χ1v) is 7.49.